The maximum atomic E-state index is 6.00. The molecule has 0 aromatic carbocycles. The van der Waals surface area contributed by atoms with Gasteiger partial charge < -0.3 is 5.32 Å². The van der Waals surface area contributed by atoms with Crippen molar-refractivity contribution in [3.63, 3.8) is 0 Å². The molecule has 0 bridgehead atoms. The molecular formula is C11H24ClN. The van der Waals surface area contributed by atoms with Gasteiger partial charge in [-0.25, -0.2) is 0 Å². The van der Waals surface area contributed by atoms with Gasteiger partial charge in [-0.2, -0.15) is 0 Å². The Labute approximate surface area is 88.2 Å². The van der Waals surface area contributed by atoms with Crippen molar-refractivity contribution in [3.05, 3.63) is 0 Å². The van der Waals surface area contributed by atoms with Gasteiger partial charge in [-0.15, -0.1) is 11.6 Å². The Morgan fingerprint density at radius 1 is 1.23 bits per heavy atom. The van der Waals surface area contributed by atoms with Gasteiger partial charge in [0.15, 0.2) is 0 Å². The largest absolute Gasteiger partial charge is 0.316 e. The minimum Gasteiger partial charge on any atom is -0.316 e. The van der Waals surface area contributed by atoms with Crippen LogP contribution < -0.4 is 5.32 Å². The topological polar surface area (TPSA) is 12.0 Å². The summed E-state index contributed by atoms with van der Waals surface area (Å²) in [7, 11) is 0. The van der Waals surface area contributed by atoms with E-state index in [4.69, 9.17) is 11.6 Å². The highest BCUT2D eigenvalue weighted by Crippen LogP contribution is 2.06. The molecule has 0 spiro atoms. The monoisotopic (exact) mass is 205 g/mol. The molecule has 0 aliphatic rings. The molecule has 0 aliphatic carbocycles. The van der Waals surface area contributed by atoms with Crippen LogP contribution in [0.1, 0.15) is 46.5 Å². The van der Waals surface area contributed by atoms with Crippen molar-refractivity contribution in [1.82, 2.24) is 5.32 Å². The first-order chi connectivity index (χ1) is 6.20. The Bertz CT molecular complexity index is 106. The van der Waals surface area contributed by atoms with Crippen LogP contribution in [0.4, 0.5) is 0 Å². The predicted molar refractivity (Wildman–Crippen MR) is 61.5 cm³/mol. The minimum absolute atomic E-state index is 0.356. The average Bonchev–Trinajstić information content (AvgIpc) is 2.12. The van der Waals surface area contributed by atoms with Crippen LogP contribution in [-0.4, -0.2) is 18.5 Å². The fourth-order valence-corrected chi connectivity index (χ4v) is 1.52. The average molecular weight is 206 g/mol. The highest BCUT2D eigenvalue weighted by atomic mass is 35.5. The quantitative estimate of drug-likeness (QED) is 0.473. The van der Waals surface area contributed by atoms with E-state index in [0.717, 1.165) is 31.8 Å². The number of alkyl halides is 1. The van der Waals surface area contributed by atoms with Crippen molar-refractivity contribution >= 4 is 11.6 Å². The van der Waals surface area contributed by atoms with Gasteiger partial charge in [0.25, 0.3) is 0 Å². The highest BCUT2D eigenvalue weighted by Gasteiger charge is 2.02. The van der Waals surface area contributed by atoms with E-state index in [1.54, 1.807) is 0 Å². The fraction of sp³-hybridized carbons (Fsp3) is 1.00. The van der Waals surface area contributed by atoms with E-state index < -0.39 is 0 Å². The van der Waals surface area contributed by atoms with Crippen LogP contribution in [0.3, 0.4) is 0 Å². The molecule has 80 valence electrons. The lowest BCUT2D eigenvalue weighted by molar-refractivity contribution is 0.470. The van der Waals surface area contributed by atoms with Crippen LogP contribution in [0, 0.1) is 5.92 Å². The molecule has 0 aromatic rings. The fourth-order valence-electron chi connectivity index (χ4n) is 1.41. The maximum absolute atomic E-state index is 6.00. The van der Waals surface area contributed by atoms with Crippen molar-refractivity contribution in [3.8, 4) is 0 Å². The lowest BCUT2D eigenvalue weighted by Gasteiger charge is -2.12. The summed E-state index contributed by atoms with van der Waals surface area (Å²) in [6, 6.07) is 0. The summed E-state index contributed by atoms with van der Waals surface area (Å²) in [4.78, 5) is 0. The Balaban J connectivity index is 3.15. The molecule has 2 atom stereocenters. The number of rotatable bonds is 8. The summed E-state index contributed by atoms with van der Waals surface area (Å²) in [5.74, 6) is 0.806. The molecule has 0 radical (unpaired) electrons. The van der Waals surface area contributed by atoms with Gasteiger partial charge >= 0.3 is 0 Å². The van der Waals surface area contributed by atoms with E-state index in [2.05, 4.69) is 26.1 Å². The van der Waals surface area contributed by atoms with Crippen LogP contribution in [0.15, 0.2) is 0 Å². The summed E-state index contributed by atoms with van der Waals surface area (Å²) in [5, 5.41) is 3.81. The predicted octanol–water partition coefficient (Wildman–Crippen LogP) is 3.42. The van der Waals surface area contributed by atoms with E-state index in [0.29, 0.717) is 5.38 Å². The van der Waals surface area contributed by atoms with E-state index in [1.165, 1.54) is 12.8 Å². The smallest absolute Gasteiger partial charge is 0.0345 e. The highest BCUT2D eigenvalue weighted by molar-refractivity contribution is 6.20. The zero-order valence-electron chi connectivity index (χ0n) is 9.28. The molecule has 13 heavy (non-hydrogen) atoms. The SMILES string of the molecule is CCCC(C)CNCCC(Cl)CC. The Morgan fingerprint density at radius 2 is 1.92 bits per heavy atom. The Kier molecular flexibility index (Phi) is 9.00. The second-order valence-corrected chi connectivity index (χ2v) is 4.51. The minimum atomic E-state index is 0.356. The van der Waals surface area contributed by atoms with Crippen molar-refractivity contribution in [1.29, 1.82) is 0 Å². The summed E-state index contributed by atoms with van der Waals surface area (Å²) < 4.78 is 0. The van der Waals surface area contributed by atoms with Gasteiger partial charge in [0, 0.05) is 5.38 Å². The molecule has 0 saturated carbocycles. The molecule has 0 aliphatic heterocycles. The molecule has 2 heteroatoms. The van der Waals surface area contributed by atoms with Gasteiger partial charge in [-0.3, -0.25) is 0 Å². The van der Waals surface area contributed by atoms with Gasteiger partial charge in [-0.1, -0.05) is 27.2 Å². The van der Waals surface area contributed by atoms with Crippen LogP contribution in [0.2, 0.25) is 0 Å². The normalized spacial score (nSPS) is 15.7. The van der Waals surface area contributed by atoms with Crippen LogP contribution in [-0.2, 0) is 0 Å². The maximum Gasteiger partial charge on any atom is 0.0345 e. The number of hydrogen-bond acceptors (Lipinski definition) is 1. The van der Waals surface area contributed by atoms with Crippen LogP contribution in [0.5, 0.6) is 0 Å². The first-order valence-corrected chi connectivity index (χ1v) is 5.99. The molecule has 0 fully saturated rings. The molecule has 0 aromatic heterocycles. The molecule has 0 amide bonds. The molecular weight excluding hydrogens is 182 g/mol. The Hall–Kier alpha value is 0.250. The van der Waals surface area contributed by atoms with E-state index in [-0.39, 0.29) is 0 Å². The van der Waals surface area contributed by atoms with E-state index in [9.17, 15) is 0 Å². The molecule has 0 heterocycles. The molecule has 2 unspecified atom stereocenters. The zero-order valence-corrected chi connectivity index (χ0v) is 10.0. The number of halogens is 1. The zero-order chi connectivity index (χ0) is 10.1. The number of nitrogens with one attached hydrogen (secondary N) is 1. The van der Waals surface area contributed by atoms with E-state index in [1.807, 2.05) is 0 Å². The van der Waals surface area contributed by atoms with Gasteiger partial charge in [0.1, 0.15) is 0 Å². The summed E-state index contributed by atoms with van der Waals surface area (Å²) in [6.07, 6.45) is 4.78. The molecule has 1 nitrogen and oxygen atoms in total. The van der Waals surface area contributed by atoms with Crippen LogP contribution in [0.25, 0.3) is 0 Å². The summed E-state index contributed by atoms with van der Waals surface area (Å²) in [5.41, 5.74) is 0. The number of hydrogen-bond donors (Lipinski definition) is 1. The third-order valence-corrected chi connectivity index (χ3v) is 2.88. The molecule has 0 saturated heterocycles. The lowest BCUT2D eigenvalue weighted by atomic mass is 10.1. The third-order valence-electron chi connectivity index (χ3n) is 2.35. The third kappa shape index (κ3) is 8.58. The second kappa shape index (κ2) is 8.83. The lowest BCUT2D eigenvalue weighted by Crippen LogP contribution is -2.23. The van der Waals surface area contributed by atoms with Crippen LogP contribution >= 0.6 is 11.6 Å². The second-order valence-electron chi connectivity index (χ2n) is 3.89. The van der Waals surface area contributed by atoms with Gasteiger partial charge in [0.05, 0.1) is 0 Å². The standard InChI is InChI=1S/C11H24ClN/c1-4-6-10(3)9-13-8-7-11(12)5-2/h10-11,13H,4-9H2,1-3H3. The first-order valence-electron chi connectivity index (χ1n) is 5.55. The van der Waals surface area contributed by atoms with E-state index >= 15 is 0 Å². The summed E-state index contributed by atoms with van der Waals surface area (Å²) in [6.45, 7) is 8.88. The van der Waals surface area contributed by atoms with Crippen molar-refractivity contribution in [2.75, 3.05) is 13.1 Å². The molecule has 0 rings (SSSR count). The van der Waals surface area contributed by atoms with Crippen molar-refractivity contribution in [2.24, 2.45) is 5.92 Å². The van der Waals surface area contributed by atoms with Crippen molar-refractivity contribution < 1.29 is 0 Å². The van der Waals surface area contributed by atoms with Gasteiger partial charge in [0.2, 0.25) is 0 Å². The first kappa shape index (κ1) is 13.2. The Morgan fingerprint density at radius 3 is 2.46 bits per heavy atom. The van der Waals surface area contributed by atoms with Gasteiger partial charge in [-0.05, 0) is 38.3 Å². The molecule has 1 N–H and O–H groups in total. The summed E-state index contributed by atoms with van der Waals surface area (Å²) >= 11 is 6.00. The van der Waals surface area contributed by atoms with Crippen molar-refractivity contribution in [2.45, 2.75) is 51.8 Å².